The van der Waals surface area contributed by atoms with E-state index >= 15 is 0 Å². The zero-order chi connectivity index (χ0) is 13.7. The van der Waals surface area contributed by atoms with Gasteiger partial charge in [0.1, 0.15) is 0 Å². The van der Waals surface area contributed by atoms with Crippen molar-refractivity contribution in [3.63, 3.8) is 0 Å². The highest BCUT2D eigenvalue weighted by atomic mass is 16.5. The summed E-state index contributed by atoms with van der Waals surface area (Å²) >= 11 is 0. The molecule has 1 aromatic heterocycles. The highest BCUT2D eigenvalue weighted by Crippen LogP contribution is 2.31. The fourth-order valence-electron chi connectivity index (χ4n) is 2.61. The Morgan fingerprint density at radius 3 is 2.89 bits per heavy atom. The molecule has 108 valence electrons. The topological polar surface area (TPSA) is 64.9 Å². The smallest absolute Gasteiger partial charge is 0.175 e. The lowest BCUT2D eigenvalue weighted by Crippen LogP contribution is -2.43. The first-order valence-corrected chi connectivity index (χ1v) is 7.11. The summed E-state index contributed by atoms with van der Waals surface area (Å²) in [6.07, 6.45) is 3.12. The molecule has 1 N–H and O–H groups in total. The molecule has 0 radical (unpaired) electrons. The monoisotopic (exact) mass is 267 g/mol. The Hall–Kier alpha value is -1.01. The molecule has 19 heavy (non-hydrogen) atoms. The molecule has 0 spiro atoms. The number of nitrogens with one attached hydrogen (secondary N) is 1. The molecule has 0 saturated carbocycles. The summed E-state index contributed by atoms with van der Waals surface area (Å²) in [5.74, 6) is 1.48. The lowest BCUT2D eigenvalue weighted by Gasteiger charge is -2.36. The van der Waals surface area contributed by atoms with Crippen LogP contribution in [0.2, 0.25) is 0 Å². The van der Waals surface area contributed by atoms with Crippen molar-refractivity contribution in [1.29, 1.82) is 0 Å². The summed E-state index contributed by atoms with van der Waals surface area (Å²) < 4.78 is 5.70. The fourth-order valence-corrected chi connectivity index (χ4v) is 2.61. The van der Waals surface area contributed by atoms with Crippen molar-refractivity contribution in [2.75, 3.05) is 26.3 Å². The van der Waals surface area contributed by atoms with Crippen molar-refractivity contribution < 1.29 is 4.74 Å². The first kappa shape index (κ1) is 14.4. The number of hydrogen-bond acceptors (Lipinski definition) is 5. The summed E-state index contributed by atoms with van der Waals surface area (Å²) in [4.78, 5) is 1.52. The maximum Gasteiger partial charge on any atom is 0.175 e. The standard InChI is InChI=1S/C13H25N5O/c1-11(2)8-14-9-13(5-4-6-19-10-13)7-12-15-17-18(3)16-12/h11,14H,4-10H2,1-3H3. The normalized spacial score (nSPS) is 24.0. The van der Waals surface area contributed by atoms with Crippen LogP contribution in [-0.2, 0) is 18.2 Å². The van der Waals surface area contributed by atoms with Crippen molar-refractivity contribution in [3.05, 3.63) is 5.82 Å². The van der Waals surface area contributed by atoms with Gasteiger partial charge in [0.25, 0.3) is 0 Å². The van der Waals surface area contributed by atoms with Gasteiger partial charge in [0.15, 0.2) is 5.82 Å². The van der Waals surface area contributed by atoms with E-state index in [-0.39, 0.29) is 5.41 Å². The molecule has 0 aliphatic carbocycles. The number of aryl methyl sites for hydroxylation is 1. The predicted octanol–water partition coefficient (Wildman–Crippen LogP) is 0.795. The van der Waals surface area contributed by atoms with Crippen molar-refractivity contribution in [3.8, 4) is 0 Å². The Balaban J connectivity index is 1.97. The highest BCUT2D eigenvalue weighted by Gasteiger charge is 2.34. The van der Waals surface area contributed by atoms with Gasteiger partial charge in [-0.3, -0.25) is 0 Å². The molecule has 0 amide bonds. The highest BCUT2D eigenvalue weighted by molar-refractivity contribution is 4.93. The third kappa shape index (κ3) is 4.24. The molecule has 1 atom stereocenters. The molecule has 0 aromatic carbocycles. The van der Waals surface area contributed by atoms with E-state index in [0.29, 0.717) is 5.92 Å². The lowest BCUT2D eigenvalue weighted by molar-refractivity contribution is -0.00843. The van der Waals surface area contributed by atoms with E-state index in [0.717, 1.165) is 51.4 Å². The Bertz CT molecular complexity index is 384. The molecule has 1 unspecified atom stereocenters. The summed E-state index contributed by atoms with van der Waals surface area (Å²) in [6.45, 7) is 8.11. The minimum Gasteiger partial charge on any atom is -0.381 e. The summed E-state index contributed by atoms with van der Waals surface area (Å²) in [6, 6.07) is 0. The van der Waals surface area contributed by atoms with Crippen LogP contribution in [-0.4, -0.2) is 46.5 Å². The number of hydrogen-bond donors (Lipinski definition) is 1. The van der Waals surface area contributed by atoms with Crippen molar-refractivity contribution in [2.45, 2.75) is 33.1 Å². The maximum absolute atomic E-state index is 5.70. The van der Waals surface area contributed by atoms with Crippen LogP contribution in [0.4, 0.5) is 0 Å². The Kier molecular flexibility index (Phi) is 4.87. The van der Waals surface area contributed by atoms with Gasteiger partial charge >= 0.3 is 0 Å². The molecule has 6 heteroatoms. The van der Waals surface area contributed by atoms with E-state index in [2.05, 4.69) is 34.6 Å². The van der Waals surface area contributed by atoms with E-state index < -0.39 is 0 Å². The van der Waals surface area contributed by atoms with Crippen LogP contribution in [0.1, 0.15) is 32.5 Å². The fraction of sp³-hybridized carbons (Fsp3) is 0.923. The van der Waals surface area contributed by atoms with E-state index in [1.165, 1.54) is 4.80 Å². The zero-order valence-electron chi connectivity index (χ0n) is 12.2. The Morgan fingerprint density at radius 2 is 2.32 bits per heavy atom. The van der Waals surface area contributed by atoms with E-state index in [1.807, 2.05) is 0 Å². The van der Waals surface area contributed by atoms with Gasteiger partial charge in [-0.1, -0.05) is 13.8 Å². The molecule has 0 bridgehead atoms. The molecule has 1 aliphatic heterocycles. The van der Waals surface area contributed by atoms with Crippen molar-refractivity contribution in [1.82, 2.24) is 25.5 Å². The van der Waals surface area contributed by atoms with E-state index in [1.54, 1.807) is 7.05 Å². The quantitative estimate of drug-likeness (QED) is 0.825. The number of aromatic nitrogens is 4. The second-order valence-corrected chi connectivity index (χ2v) is 6.05. The SMILES string of the molecule is CC(C)CNCC1(Cc2nnn(C)n2)CCCOC1. The predicted molar refractivity (Wildman–Crippen MR) is 72.7 cm³/mol. The summed E-state index contributed by atoms with van der Waals surface area (Å²) in [7, 11) is 1.80. The van der Waals surface area contributed by atoms with Crippen LogP contribution in [0.15, 0.2) is 0 Å². The summed E-state index contributed by atoms with van der Waals surface area (Å²) in [5.41, 5.74) is 0.121. The Morgan fingerprint density at radius 1 is 1.47 bits per heavy atom. The van der Waals surface area contributed by atoms with Crippen LogP contribution in [0.3, 0.4) is 0 Å². The lowest BCUT2D eigenvalue weighted by atomic mass is 9.79. The molecule has 1 aliphatic rings. The number of ether oxygens (including phenoxy) is 1. The van der Waals surface area contributed by atoms with Gasteiger partial charge in [0, 0.05) is 25.0 Å². The van der Waals surface area contributed by atoms with Gasteiger partial charge in [-0.25, -0.2) is 0 Å². The van der Waals surface area contributed by atoms with Gasteiger partial charge in [-0.05, 0) is 30.5 Å². The van der Waals surface area contributed by atoms with E-state index in [4.69, 9.17) is 4.74 Å². The molecular weight excluding hydrogens is 242 g/mol. The number of nitrogens with zero attached hydrogens (tertiary/aromatic N) is 4. The first-order chi connectivity index (χ1) is 9.10. The summed E-state index contributed by atoms with van der Waals surface area (Å²) in [5, 5.41) is 15.9. The van der Waals surface area contributed by atoms with Crippen LogP contribution < -0.4 is 5.32 Å². The second-order valence-electron chi connectivity index (χ2n) is 6.05. The largest absolute Gasteiger partial charge is 0.381 e. The molecular formula is C13H25N5O. The van der Waals surface area contributed by atoms with Crippen molar-refractivity contribution in [2.24, 2.45) is 18.4 Å². The molecule has 1 saturated heterocycles. The second kappa shape index (κ2) is 6.43. The van der Waals surface area contributed by atoms with Crippen LogP contribution in [0.5, 0.6) is 0 Å². The minimum atomic E-state index is 0.121. The zero-order valence-corrected chi connectivity index (χ0v) is 12.2. The maximum atomic E-state index is 5.70. The van der Waals surface area contributed by atoms with Crippen LogP contribution >= 0.6 is 0 Å². The molecule has 1 fully saturated rings. The van der Waals surface area contributed by atoms with E-state index in [9.17, 15) is 0 Å². The number of tetrazole rings is 1. The number of rotatable bonds is 6. The van der Waals surface area contributed by atoms with Gasteiger partial charge in [0.05, 0.1) is 13.7 Å². The molecule has 1 aromatic rings. The molecule has 2 rings (SSSR count). The minimum absolute atomic E-state index is 0.121. The molecule has 2 heterocycles. The average Bonchev–Trinajstić information content (AvgIpc) is 2.75. The van der Waals surface area contributed by atoms with Crippen molar-refractivity contribution >= 4 is 0 Å². The average molecular weight is 267 g/mol. The van der Waals surface area contributed by atoms with Crippen LogP contribution in [0, 0.1) is 11.3 Å². The Labute approximate surface area is 114 Å². The molecule has 6 nitrogen and oxygen atoms in total. The third-order valence-corrected chi connectivity index (χ3v) is 3.54. The third-order valence-electron chi connectivity index (χ3n) is 3.54. The first-order valence-electron chi connectivity index (χ1n) is 7.11. The van der Waals surface area contributed by atoms with Gasteiger partial charge < -0.3 is 10.1 Å². The van der Waals surface area contributed by atoms with Gasteiger partial charge in [-0.2, -0.15) is 4.80 Å². The van der Waals surface area contributed by atoms with Crippen LogP contribution in [0.25, 0.3) is 0 Å². The van der Waals surface area contributed by atoms with Gasteiger partial charge in [-0.15, -0.1) is 10.2 Å². The van der Waals surface area contributed by atoms with Gasteiger partial charge in [0.2, 0.25) is 0 Å².